The average Bonchev–Trinajstić information content (AvgIpc) is 2.61. The molecule has 1 saturated heterocycles. The Morgan fingerprint density at radius 2 is 1.96 bits per heavy atom. The third-order valence-corrected chi connectivity index (χ3v) is 4.10. The van der Waals surface area contributed by atoms with Crippen LogP contribution in [0.3, 0.4) is 0 Å². The van der Waals surface area contributed by atoms with Crippen LogP contribution >= 0.6 is 0 Å². The highest BCUT2D eigenvalue weighted by molar-refractivity contribution is 5.94. The van der Waals surface area contributed by atoms with Crippen LogP contribution in [0.2, 0.25) is 0 Å². The molecule has 1 fully saturated rings. The zero-order valence-electron chi connectivity index (χ0n) is 14.4. The van der Waals surface area contributed by atoms with Crippen LogP contribution in [-0.2, 0) is 9.53 Å². The quantitative estimate of drug-likeness (QED) is 0.888. The molecule has 0 aromatic heterocycles. The Bertz CT molecular complexity index is 571. The number of anilines is 1. The van der Waals surface area contributed by atoms with Gasteiger partial charge in [0.1, 0.15) is 5.75 Å². The summed E-state index contributed by atoms with van der Waals surface area (Å²) < 4.78 is 10.2. The number of piperazine rings is 1. The van der Waals surface area contributed by atoms with E-state index in [4.69, 9.17) is 9.47 Å². The van der Waals surface area contributed by atoms with Gasteiger partial charge in [0.15, 0.2) is 0 Å². The number of amides is 2. The van der Waals surface area contributed by atoms with E-state index < -0.39 is 0 Å². The molecule has 0 unspecified atom stereocenters. The van der Waals surface area contributed by atoms with E-state index in [1.807, 2.05) is 25.1 Å². The number of methoxy groups -OCH3 is 1. The fourth-order valence-corrected chi connectivity index (χ4v) is 2.62. The maximum Gasteiger partial charge on any atom is 0.409 e. The van der Waals surface area contributed by atoms with Gasteiger partial charge in [0, 0.05) is 37.9 Å². The topological polar surface area (TPSA) is 71.1 Å². The van der Waals surface area contributed by atoms with Gasteiger partial charge in [0.2, 0.25) is 5.91 Å². The maximum absolute atomic E-state index is 12.4. The zero-order valence-corrected chi connectivity index (χ0v) is 14.4. The first-order valence-corrected chi connectivity index (χ1v) is 8.15. The Kier molecular flexibility index (Phi) is 6.43. The van der Waals surface area contributed by atoms with Crippen LogP contribution in [0.1, 0.15) is 13.8 Å². The Balaban J connectivity index is 1.86. The van der Waals surface area contributed by atoms with Gasteiger partial charge in [0.05, 0.1) is 19.8 Å². The van der Waals surface area contributed by atoms with Crippen molar-refractivity contribution in [3.8, 4) is 5.75 Å². The third-order valence-electron chi connectivity index (χ3n) is 4.10. The van der Waals surface area contributed by atoms with Crippen molar-refractivity contribution in [3.63, 3.8) is 0 Å². The monoisotopic (exact) mass is 335 g/mol. The molecule has 2 amide bonds. The molecule has 0 radical (unpaired) electrons. The predicted molar refractivity (Wildman–Crippen MR) is 91.3 cm³/mol. The number of hydrogen-bond donors (Lipinski definition) is 1. The molecule has 1 aromatic carbocycles. The molecule has 1 aromatic rings. The van der Waals surface area contributed by atoms with Crippen LogP contribution < -0.4 is 10.1 Å². The molecule has 1 aliphatic rings. The lowest BCUT2D eigenvalue weighted by atomic mass is 10.2. The number of carbonyl (C=O) groups excluding carboxylic acids is 2. The lowest BCUT2D eigenvalue weighted by Gasteiger charge is -2.36. The van der Waals surface area contributed by atoms with Gasteiger partial charge in [-0.05, 0) is 26.0 Å². The van der Waals surface area contributed by atoms with Gasteiger partial charge in [-0.3, -0.25) is 9.69 Å². The Morgan fingerprint density at radius 3 is 2.58 bits per heavy atom. The van der Waals surface area contributed by atoms with Gasteiger partial charge in [-0.25, -0.2) is 4.79 Å². The first-order chi connectivity index (χ1) is 11.5. The highest BCUT2D eigenvalue weighted by Crippen LogP contribution is 2.17. The molecule has 1 aliphatic heterocycles. The van der Waals surface area contributed by atoms with E-state index in [0.29, 0.717) is 44.2 Å². The summed E-state index contributed by atoms with van der Waals surface area (Å²) in [4.78, 5) is 27.9. The first-order valence-electron chi connectivity index (χ1n) is 8.15. The van der Waals surface area contributed by atoms with Gasteiger partial charge in [-0.2, -0.15) is 0 Å². The molecule has 0 aliphatic carbocycles. The molecule has 2 rings (SSSR count). The fraction of sp³-hybridized carbons (Fsp3) is 0.529. The fourth-order valence-electron chi connectivity index (χ4n) is 2.62. The van der Waals surface area contributed by atoms with Crippen LogP contribution in [0.5, 0.6) is 5.75 Å². The number of nitrogens with one attached hydrogen (secondary N) is 1. The first kappa shape index (κ1) is 18.1. The van der Waals surface area contributed by atoms with Crippen molar-refractivity contribution in [2.45, 2.75) is 19.9 Å². The summed E-state index contributed by atoms with van der Waals surface area (Å²) in [5, 5.41) is 2.90. The number of nitrogens with zero attached hydrogens (tertiary/aromatic N) is 2. The summed E-state index contributed by atoms with van der Waals surface area (Å²) >= 11 is 0. The Hall–Kier alpha value is -2.28. The maximum atomic E-state index is 12.4. The summed E-state index contributed by atoms with van der Waals surface area (Å²) in [6.45, 7) is 6.45. The smallest absolute Gasteiger partial charge is 0.409 e. The molecule has 1 atom stereocenters. The molecule has 0 bridgehead atoms. The Labute approximate surface area is 142 Å². The van der Waals surface area contributed by atoms with E-state index in [-0.39, 0.29) is 18.0 Å². The van der Waals surface area contributed by atoms with Crippen molar-refractivity contribution in [3.05, 3.63) is 24.3 Å². The van der Waals surface area contributed by atoms with Crippen molar-refractivity contribution in [2.24, 2.45) is 0 Å². The van der Waals surface area contributed by atoms with Crippen LogP contribution in [0.25, 0.3) is 0 Å². The molecule has 7 nitrogen and oxygen atoms in total. The largest absolute Gasteiger partial charge is 0.497 e. The van der Waals surface area contributed by atoms with E-state index in [0.717, 1.165) is 0 Å². The number of benzene rings is 1. The normalized spacial score (nSPS) is 16.4. The van der Waals surface area contributed by atoms with Gasteiger partial charge in [-0.1, -0.05) is 6.07 Å². The summed E-state index contributed by atoms with van der Waals surface area (Å²) in [5.74, 6) is 0.622. The lowest BCUT2D eigenvalue weighted by Crippen LogP contribution is -2.54. The van der Waals surface area contributed by atoms with Crippen molar-refractivity contribution in [2.75, 3.05) is 45.2 Å². The van der Waals surface area contributed by atoms with Gasteiger partial charge >= 0.3 is 6.09 Å². The summed E-state index contributed by atoms with van der Waals surface area (Å²) in [5.41, 5.74) is 0.705. The highest BCUT2D eigenvalue weighted by atomic mass is 16.6. The van der Waals surface area contributed by atoms with E-state index >= 15 is 0 Å². The van der Waals surface area contributed by atoms with E-state index in [1.54, 1.807) is 25.0 Å². The Morgan fingerprint density at radius 1 is 1.25 bits per heavy atom. The minimum Gasteiger partial charge on any atom is -0.497 e. The van der Waals surface area contributed by atoms with Gasteiger partial charge in [0.25, 0.3) is 0 Å². The summed E-state index contributed by atoms with van der Waals surface area (Å²) in [7, 11) is 1.59. The zero-order chi connectivity index (χ0) is 17.5. The number of ether oxygens (including phenoxy) is 2. The number of carbonyl (C=O) groups is 2. The van der Waals surface area contributed by atoms with Gasteiger partial charge < -0.3 is 19.7 Å². The molecule has 1 heterocycles. The lowest BCUT2D eigenvalue weighted by molar-refractivity contribution is -0.121. The summed E-state index contributed by atoms with van der Waals surface area (Å²) in [6.07, 6.45) is -0.286. The minimum atomic E-state index is -0.286. The van der Waals surface area contributed by atoms with Crippen LogP contribution in [0.4, 0.5) is 10.5 Å². The SMILES string of the molecule is CCOC(=O)N1CCN([C@H](C)C(=O)Nc2cccc(OC)c2)CC1. The minimum absolute atomic E-state index is 0.0761. The molecular formula is C17H25N3O4. The van der Waals surface area contributed by atoms with E-state index in [1.165, 1.54) is 0 Å². The molecule has 24 heavy (non-hydrogen) atoms. The van der Waals surface area contributed by atoms with Gasteiger partial charge in [-0.15, -0.1) is 0 Å². The van der Waals surface area contributed by atoms with Crippen molar-refractivity contribution in [1.29, 1.82) is 0 Å². The summed E-state index contributed by atoms with van der Waals surface area (Å²) in [6, 6.07) is 6.99. The molecule has 1 N–H and O–H groups in total. The molecule has 7 heteroatoms. The highest BCUT2D eigenvalue weighted by Gasteiger charge is 2.28. The second-order valence-corrected chi connectivity index (χ2v) is 5.62. The van der Waals surface area contributed by atoms with Crippen molar-refractivity contribution in [1.82, 2.24) is 9.80 Å². The average molecular weight is 335 g/mol. The molecule has 0 saturated carbocycles. The predicted octanol–water partition coefficient (Wildman–Crippen LogP) is 1.80. The van der Waals surface area contributed by atoms with Crippen LogP contribution in [0, 0.1) is 0 Å². The van der Waals surface area contributed by atoms with Crippen molar-refractivity contribution < 1.29 is 19.1 Å². The number of hydrogen-bond acceptors (Lipinski definition) is 5. The molecular weight excluding hydrogens is 310 g/mol. The second-order valence-electron chi connectivity index (χ2n) is 5.62. The third kappa shape index (κ3) is 4.61. The second kappa shape index (κ2) is 8.54. The van der Waals surface area contributed by atoms with Crippen LogP contribution in [-0.4, -0.2) is 67.7 Å². The van der Waals surface area contributed by atoms with Crippen LogP contribution in [0.15, 0.2) is 24.3 Å². The van der Waals surface area contributed by atoms with Crippen molar-refractivity contribution >= 4 is 17.7 Å². The molecule has 132 valence electrons. The van der Waals surface area contributed by atoms with E-state index in [9.17, 15) is 9.59 Å². The molecule has 0 spiro atoms. The number of rotatable bonds is 5. The standard InChI is InChI=1S/C17H25N3O4/c1-4-24-17(22)20-10-8-19(9-11-20)13(2)16(21)18-14-6-5-7-15(12-14)23-3/h5-7,12-13H,4,8-11H2,1-3H3,(H,18,21)/t13-/m1/s1. The van der Waals surface area contributed by atoms with E-state index in [2.05, 4.69) is 10.2 Å².